The molecule has 0 bridgehead atoms. The lowest BCUT2D eigenvalue weighted by Gasteiger charge is -2.09. The molecule has 0 unspecified atom stereocenters. The summed E-state index contributed by atoms with van der Waals surface area (Å²) in [5, 5.41) is 7.38. The van der Waals surface area contributed by atoms with Crippen molar-refractivity contribution in [3.8, 4) is 28.3 Å². The minimum atomic E-state index is 0.635. The fourth-order valence-corrected chi connectivity index (χ4v) is 7.96. The molecule has 210 valence electrons. The fourth-order valence-electron chi connectivity index (χ4n) is 6.87. The van der Waals surface area contributed by atoms with Gasteiger partial charge in [0.05, 0.1) is 11.0 Å². The molecule has 45 heavy (non-hydrogen) atoms. The van der Waals surface area contributed by atoms with Crippen LogP contribution in [0.2, 0.25) is 0 Å². The Morgan fingerprint density at radius 1 is 0.511 bits per heavy atom. The van der Waals surface area contributed by atoms with Crippen molar-refractivity contribution in [2.24, 2.45) is 0 Å². The number of benzene rings is 7. The molecule has 3 nitrogen and oxygen atoms in total. The highest BCUT2D eigenvalue weighted by Gasteiger charge is 2.17. The molecule has 0 radical (unpaired) electrons. The maximum atomic E-state index is 6.40. The second kappa shape index (κ2) is 9.39. The van der Waals surface area contributed by atoms with Crippen LogP contribution >= 0.6 is 11.3 Å². The van der Waals surface area contributed by atoms with E-state index in [1.54, 1.807) is 11.3 Å². The van der Waals surface area contributed by atoms with Crippen LogP contribution in [0.4, 0.5) is 0 Å². The first-order valence-electron chi connectivity index (χ1n) is 15.1. The van der Waals surface area contributed by atoms with Crippen molar-refractivity contribution < 1.29 is 4.42 Å². The van der Waals surface area contributed by atoms with Crippen LogP contribution in [-0.4, -0.2) is 9.55 Å². The van der Waals surface area contributed by atoms with Gasteiger partial charge in [-0.15, -0.1) is 11.3 Å². The first-order chi connectivity index (χ1) is 22.3. The van der Waals surface area contributed by atoms with E-state index in [0.29, 0.717) is 5.89 Å². The van der Waals surface area contributed by atoms with Crippen LogP contribution in [0, 0.1) is 0 Å². The topological polar surface area (TPSA) is 31.0 Å². The Hall–Kier alpha value is -5.71. The van der Waals surface area contributed by atoms with Crippen LogP contribution in [0.1, 0.15) is 0 Å². The lowest BCUT2D eigenvalue weighted by molar-refractivity contribution is 0.620. The van der Waals surface area contributed by atoms with Crippen molar-refractivity contribution in [2.75, 3.05) is 0 Å². The number of oxazole rings is 1. The van der Waals surface area contributed by atoms with Crippen LogP contribution in [0.15, 0.2) is 150 Å². The molecule has 0 atom stereocenters. The highest BCUT2D eigenvalue weighted by atomic mass is 32.1. The van der Waals surface area contributed by atoms with E-state index in [9.17, 15) is 0 Å². The van der Waals surface area contributed by atoms with E-state index in [1.807, 2.05) is 0 Å². The predicted molar refractivity (Wildman–Crippen MR) is 190 cm³/mol. The van der Waals surface area contributed by atoms with Crippen LogP contribution in [0.5, 0.6) is 0 Å². The van der Waals surface area contributed by atoms with Crippen molar-refractivity contribution in [3.05, 3.63) is 146 Å². The van der Waals surface area contributed by atoms with Crippen LogP contribution < -0.4 is 0 Å². The highest BCUT2D eigenvalue weighted by Crippen LogP contribution is 2.41. The van der Waals surface area contributed by atoms with E-state index in [0.717, 1.165) is 27.7 Å². The van der Waals surface area contributed by atoms with Gasteiger partial charge in [-0.2, -0.15) is 0 Å². The molecule has 0 fully saturated rings. The standard InChI is InChI=1S/C41H24N2OS/c1-2-8-25(9-3-1)29-16-20-37-33(23-29)39-38(45-37)21-19-36-40(39)42-41(44-36)26-14-17-30(18-15-26)43-34-13-7-6-12-31(34)32-22-27-10-4-5-11-28(27)24-35(32)43/h1-24H. The first-order valence-corrected chi connectivity index (χ1v) is 15.9. The Bertz CT molecular complexity index is 2750. The number of nitrogens with zero attached hydrogens (tertiary/aromatic N) is 2. The Morgan fingerprint density at radius 3 is 2.11 bits per heavy atom. The van der Waals surface area contributed by atoms with Crippen molar-refractivity contribution in [1.82, 2.24) is 9.55 Å². The summed E-state index contributed by atoms with van der Waals surface area (Å²) in [6.45, 7) is 0. The summed E-state index contributed by atoms with van der Waals surface area (Å²) < 4.78 is 11.2. The van der Waals surface area contributed by atoms with Gasteiger partial charge in [0.1, 0.15) is 5.52 Å². The fraction of sp³-hybridized carbons (Fsp3) is 0. The van der Waals surface area contributed by atoms with Gasteiger partial charge in [-0.3, -0.25) is 0 Å². The van der Waals surface area contributed by atoms with Crippen LogP contribution in [-0.2, 0) is 0 Å². The van der Waals surface area contributed by atoms with Gasteiger partial charge in [0.2, 0.25) is 5.89 Å². The number of para-hydroxylation sites is 1. The molecular formula is C41H24N2OS. The summed E-state index contributed by atoms with van der Waals surface area (Å²) >= 11 is 1.80. The maximum Gasteiger partial charge on any atom is 0.227 e. The lowest BCUT2D eigenvalue weighted by atomic mass is 10.0. The molecular weight excluding hydrogens is 569 g/mol. The Labute approximate surface area is 262 Å². The van der Waals surface area contributed by atoms with Gasteiger partial charge in [-0.25, -0.2) is 4.98 Å². The molecule has 0 aliphatic heterocycles. The van der Waals surface area contributed by atoms with Gasteiger partial charge in [-0.1, -0.05) is 78.9 Å². The summed E-state index contributed by atoms with van der Waals surface area (Å²) in [5.74, 6) is 0.635. The Balaban J connectivity index is 1.11. The molecule has 0 saturated carbocycles. The van der Waals surface area contributed by atoms with Gasteiger partial charge in [0.15, 0.2) is 5.58 Å². The summed E-state index contributed by atoms with van der Waals surface area (Å²) in [7, 11) is 0. The van der Waals surface area contributed by atoms with E-state index < -0.39 is 0 Å². The van der Waals surface area contributed by atoms with E-state index in [-0.39, 0.29) is 0 Å². The monoisotopic (exact) mass is 592 g/mol. The van der Waals surface area contributed by atoms with Gasteiger partial charge in [0.25, 0.3) is 0 Å². The highest BCUT2D eigenvalue weighted by molar-refractivity contribution is 7.26. The second-order valence-corrected chi connectivity index (χ2v) is 12.7. The van der Waals surface area contributed by atoms with Gasteiger partial charge in [-0.05, 0) is 88.6 Å². The zero-order valence-corrected chi connectivity index (χ0v) is 24.9. The zero-order valence-electron chi connectivity index (χ0n) is 24.1. The van der Waals surface area contributed by atoms with Gasteiger partial charge in [0, 0.05) is 42.2 Å². The number of thiophene rings is 1. The smallest absolute Gasteiger partial charge is 0.227 e. The summed E-state index contributed by atoms with van der Waals surface area (Å²) in [6, 6.07) is 51.9. The van der Waals surface area contributed by atoms with E-state index in [4.69, 9.17) is 9.40 Å². The van der Waals surface area contributed by atoms with E-state index in [2.05, 4.69) is 150 Å². The lowest BCUT2D eigenvalue weighted by Crippen LogP contribution is -1.93. The molecule has 4 heteroatoms. The van der Waals surface area contributed by atoms with Crippen LogP contribution in [0.3, 0.4) is 0 Å². The van der Waals surface area contributed by atoms with Crippen LogP contribution in [0.25, 0.3) is 92.1 Å². The van der Waals surface area contributed by atoms with E-state index in [1.165, 1.54) is 58.5 Å². The molecule has 3 aromatic heterocycles. The van der Waals surface area contributed by atoms with E-state index >= 15 is 0 Å². The molecule has 10 aromatic rings. The third-order valence-corrected chi connectivity index (χ3v) is 10.1. The average molecular weight is 593 g/mol. The zero-order chi connectivity index (χ0) is 29.5. The normalized spacial score (nSPS) is 12.0. The number of hydrogen-bond donors (Lipinski definition) is 0. The number of hydrogen-bond acceptors (Lipinski definition) is 3. The largest absolute Gasteiger partial charge is 0.436 e. The molecule has 7 aromatic carbocycles. The third kappa shape index (κ3) is 3.73. The SMILES string of the molecule is c1ccc(-c2ccc3sc4ccc5oc(-c6ccc(-n7c8ccccc8c8cc9ccccc9cc87)cc6)nc5c4c3c2)cc1. The van der Waals surface area contributed by atoms with Crippen molar-refractivity contribution >= 4 is 75.2 Å². The van der Waals surface area contributed by atoms with Crippen molar-refractivity contribution in [2.45, 2.75) is 0 Å². The second-order valence-electron chi connectivity index (χ2n) is 11.6. The molecule has 0 amide bonds. The van der Waals surface area contributed by atoms with Gasteiger partial charge >= 0.3 is 0 Å². The maximum absolute atomic E-state index is 6.40. The Morgan fingerprint density at radius 2 is 1.24 bits per heavy atom. The van der Waals surface area contributed by atoms with Crippen molar-refractivity contribution in [1.29, 1.82) is 0 Å². The molecule has 3 heterocycles. The number of aromatic nitrogens is 2. The molecule has 0 spiro atoms. The quantitative estimate of drug-likeness (QED) is 0.204. The average Bonchev–Trinajstić information content (AvgIpc) is 3.79. The minimum absolute atomic E-state index is 0.635. The first kappa shape index (κ1) is 24.7. The third-order valence-electron chi connectivity index (χ3n) is 9.01. The minimum Gasteiger partial charge on any atom is -0.436 e. The summed E-state index contributed by atoms with van der Waals surface area (Å²) in [6.07, 6.45) is 0. The molecule has 0 saturated heterocycles. The number of fused-ring (bicyclic) bond motifs is 9. The molecule has 0 aliphatic rings. The molecule has 10 rings (SSSR count). The summed E-state index contributed by atoms with van der Waals surface area (Å²) in [5.41, 5.74) is 8.60. The Kier molecular flexibility index (Phi) is 5.16. The molecule has 0 N–H and O–H groups in total. The van der Waals surface area contributed by atoms with Gasteiger partial charge < -0.3 is 8.98 Å². The molecule has 0 aliphatic carbocycles. The predicted octanol–water partition coefficient (Wildman–Crippen LogP) is 11.8. The number of rotatable bonds is 3. The van der Waals surface area contributed by atoms with Crippen molar-refractivity contribution in [3.63, 3.8) is 0 Å². The summed E-state index contributed by atoms with van der Waals surface area (Å²) in [4.78, 5) is 5.10.